The number of hydrogen-bond donors (Lipinski definition) is 1. The van der Waals surface area contributed by atoms with Gasteiger partial charge in [-0.2, -0.15) is 13.2 Å². The minimum atomic E-state index is -4.43. The normalized spacial score (nSPS) is 13.4. The Morgan fingerprint density at radius 3 is 2.57 bits per heavy atom. The molecule has 2 nitrogen and oxygen atoms in total. The molecule has 6 heteroatoms. The molecule has 0 radical (unpaired) electrons. The van der Waals surface area contributed by atoms with Crippen LogP contribution in [0.25, 0.3) is 11.3 Å². The molecule has 2 aromatic rings. The van der Waals surface area contributed by atoms with Crippen LogP contribution < -0.4 is 5.32 Å². The van der Waals surface area contributed by atoms with E-state index in [1.165, 1.54) is 6.07 Å². The first-order chi connectivity index (χ1) is 9.82. The highest BCUT2D eigenvalue weighted by atomic mass is 79.9. The second-order valence-electron chi connectivity index (χ2n) is 4.67. The number of benzene rings is 1. The SMILES string of the molecule is CCNC(C)c1ccc(-c2ccc(Br)cc2C(F)(F)F)o1. The van der Waals surface area contributed by atoms with Crippen LogP contribution in [0, 0.1) is 0 Å². The van der Waals surface area contributed by atoms with E-state index in [2.05, 4.69) is 21.2 Å². The van der Waals surface area contributed by atoms with E-state index in [9.17, 15) is 13.2 Å². The van der Waals surface area contributed by atoms with Gasteiger partial charge in [0, 0.05) is 10.0 Å². The van der Waals surface area contributed by atoms with Gasteiger partial charge in [0.05, 0.1) is 11.6 Å². The fourth-order valence-electron chi connectivity index (χ4n) is 2.10. The van der Waals surface area contributed by atoms with Crippen molar-refractivity contribution in [3.63, 3.8) is 0 Å². The zero-order valence-corrected chi connectivity index (χ0v) is 13.2. The van der Waals surface area contributed by atoms with Gasteiger partial charge in [-0.25, -0.2) is 0 Å². The molecule has 0 bridgehead atoms. The lowest BCUT2D eigenvalue weighted by Crippen LogP contribution is -2.16. The molecule has 1 aromatic carbocycles. The highest BCUT2D eigenvalue weighted by molar-refractivity contribution is 9.10. The van der Waals surface area contributed by atoms with Crippen molar-refractivity contribution in [1.29, 1.82) is 0 Å². The first-order valence-corrected chi connectivity index (χ1v) is 7.32. The van der Waals surface area contributed by atoms with Crippen molar-refractivity contribution in [2.45, 2.75) is 26.1 Å². The molecule has 0 aliphatic carbocycles. The van der Waals surface area contributed by atoms with Crippen LogP contribution in [-0.4, -0.2) is 6.54 Å². The Balaban J connectivity index is 2.43. The topological polar surface area (TPSA) is 25.2 Å². The van der Waals surface area contributed by atoms with Crippen LogP contribution in [0.3, 0.4) is 0 Å². The highest BCUT2D eigenvalue weighted by Gasteiger charge is 2.34. The molecule has 0 saturated carbocycles. The van der Waals surface area contributed by atoms with Gasteiger partial charge >= 0.3 is 6.18 Å². The van der Waals surface area contributed by atoms with E-state index in [4.69, 9.17) is 4.42 Å². The number of rotatable bonds is 4. The lowest BCUT2D eigenvalue weighted by Gasteiger charge is -2.12. The maximum Gasteiger partial charge on any atom is 0.417 e. The Bertz CT molecular complexity index is 622. The highest BCUT2D eigenvalue weighted by Crippen LogP contribution is 2.39. The zero-order chi connectivity index (χ0) is 15.6. The fraction of sp³-hybridized carbons (Fsp3) is 0.333. The lowest BCUT2D eigenvalue weighted by molar-refractivity contribution is -0.137. The summed E-state index contributed by atoms with van der Waals surface area (Å²) >= 11 is 3.07. The summed E-state index contributed by atoms with van der Waals surface area (Å²) in [6.07, 6.45) is -4.43. The first kappa shape index (κ1) is 16.1. The molecule has 21 heavy (non-hydrogen) atoms. The number of alkyl halides is 3. The molecule has 114 valence electrons. The molecule has 1 atom stereocenters. The molecular formula is C15H15BrF3NO. The van der Waals surface area contributed by atoms with Gasteiger partial charge in [-0.15, -0.1) is 0 Å². The number of nitrogens with one attached hydrogen (secondary N) is 1. The minimum absolute atomic E-state index is 0.0423. The van der Waals surface area contributed by atoms with E-state index < -0.39 is 11.7 Å². The zero-order valence-electron chi connectivity index (χ0n) is 11.6. The third kappa shape index (κ3) is 3.68. The van der Waals surface area contributed by atoms with Crippen LogP contribution in [0.4, 0.5) is 13.2 Å². The standard InChI is InChI=1S/C15H15BrF3NO/c1-3-20-9(2)13-6-7-14(21-13)11-5-4-10(16)8-12(11)15(17,18)19/h4-9,20H,3H2,1-2H3. The smallest absolute Gasteiger partial charge is 0.417 e. The lowest BCUT2D eigenvalue weighted by atomic mass is 10.1. The first-order valence-electron chi connectivity index (χ1n) is 6.53. The van der Waals surface area contributed by atoms with Crippen molar-refractivity contribution in [2.75, 3.05) is 6.54 Å². The van der Waals surface area contributed by atoms with Crippen molar-refractivity contribution >= 4 is 15.9 Å². The van der Waals surface area contributed by atoms with E-state index in [0.717, 1.165) is 12.6 Å². The molecule has 1 heterocycles. The Hall–Kier alpha value is -1.27. The van der Waals surface area contributed by atoms with Crippen LogP contribution in [0.15, 0.2) is 39.2 Å². The monoisotopic (exact) mass is 361 g/mol. The Kier molecular flexibility index (Phi) is 4.78. The maximum absolute atomic E-state index is 13.1. The largest absolute Gasteiger partial charge is 0.459 e. The third-order valence-electron chi connectivity index (χ3n) is 3.12. The van der Waals surface area contributed by atoms with Crippen molar-refractivity contribution in [1.82, 2.24) is 5.32 Å². The van der Waals surface area contributed by atoms with Gasteiger partial charge in [0.1, 0.15) is 11.5 Å². The molecule has 1 aromatic heterocycles. The molecule has 0 aliphatic rings. The van der Waals surface area contributed by atoms with E-state index in [0.29, 0.717) is 10.2 Å². The quantitative estimate of drug-likeness (QED) is 0.788. The van der Waals surface area contributed by atoms with Crippen molar-refractivity contribution in [2.24, 2.45) is 0 Å². The van der Waals surface area contributed by atoms with Gasteiger partial charge in [0.2, 0.25) is 0 Å². The summed E-state index contributed by atoms with van der Waals surface area (Å²) in [5, 5.41) is 3.16. The summed E-state index contributed by atoms with van der Waals surface area (Å²) in [4.78, 5) is 0. The second kappa shape index (κ2) is 6.23. The predicted molar refractivity (Wildman–Crippen MR) is 78.9 cm³/mol. The fourth-order valence-corrected chi connectivity index (χ4v) is 2.46. The van der Waals surface area contributed by atoms with E-state index in [-0.39, 0.29) is 17.4 Å². The molecule has 1 unspecified atom stereocenters. The molecule has 1 N–H and O–H groups in total. The predicted octanol–water partition coefficient (Wildman–Crippen LogP) is 5.40. The van der Waals surface area contributed by atoms with Crippen molar-refractivity contribution < 1.29 is 17.6 Å². The van der Waals surface area contributed by atoms with Crippen LogP contribution in [0.2, 0.25) is 0 Å². The van der Waals surface area contributed by atoms with Gasteiger partial charge in [-0.1, -0.05) is 22.9 Å². The summed E-state index contributed by atoms with van der Waals surface area (Å²) in [6, 6.07) is 7.26. The van der Waals surface area contributed by atoms with Gasteiger partial charge < -0.3 is 9.73 Å². The second-order valence-corrected chi connectivity index (χ2v) is 5.58. The maximum atomic E-state index is 13.1. The summed E-state index contributed by atoms with van der Waals surface area (Å²) in [7, 11) is 0. The summed E-state index contributed by atoms with van der Waals surface area (Å²) in [6.45, 7) is 4.61. The van der Waals surface area contributed by atoms with Crippen LogP contribution in [0.1, 0.15) is 31.2 Å². The molecule has 0 aliphatic heterocycles. The Morgan fingerprint density at radius 1 is 1.24 bits per heavy atom. The molecular weight excluding hydrogens is 347 g/mol. The Morgan fingerprint density at radius 2 is 1.95 bits per heavy atom. The summed E-state index contributed by atoms with van der Waals surface area (Å²) in [5.74, 6) is 0.831. The van der Waals surface area contributed by atoms with Crippen LogP contribution in [0.5, 0.6) is 0 Å². The van der Waals surface area contributed by atoms with E-state index in [1.54, 1.807) is 18.2 Å². The average molecular weight is 362 g/mol. The molecule has 0 spiro atoms. The van der Waals surface area contributed by atoms with Gasteiger partial charge in [0.15, 0.2) is 0 Å². The number of halogens is 4. The molecule has 0 fully saturated rings. The number of hydrogen-bond acceptors (Lipinski definition) is 2. The molecule has 0 saturated heterocycles. The third-order valence-corrected chi connectivity index (χ3v) is 3.61. The van der Waals surface area contributed by atoms with E-state index >= 15 is 0 Å². The van der Waals surface area contributed by atoms with Crippen LogP contribution >= 0.6 is 15.9 Å². The van der Waals surface area contributed by atoms with E-state index in [1.807, 2.05) is 13.8 Å². The van der Waals surface area contributed by atoms with Crippen molar-refractivity contribution in [3.8, 4) is 11.3 Å². The Labute approximate surface area is 129 Å². The van der Waals surface area contributed by atoms with Crippen LogP contribution in [-0.2, 0) is 6.18 Å². The molecule has 2 rings (SSSR count). The summed E-state index contributed by atoms with van der Waals surface area (Å²) < 4.78 is 45.3. The average Bonchev–Trinajstić information content (AvgIpc) is 2.87. The summed E-state index contributed by atoms with van der Waals surface area (Å²) in [5.41, 5.74) is -0.672. The number of furan rings is 1. The van der Waals surface area contributed by atoms with Gasteiger partial charge in [0.25, 0.3) is 0 Å². The van der Waals surface area contributed by atoms with Gasteiger partial charge in [-0.3, -0.25) is 0 Å². The van der Waals surface area contributed by atoms with Gasteiger partial charge in [-0.05, 0) is 43.8 Å². The minimum Gasteiger partial charge on any atom is -0.459 e. The van der Waals surface area contributed by atoms with Crippen molar-refractivity contribution in [3.05, 3.63) is 46.1 Å². The molecule has 0 amide bonds.